The van der Waals surface area contributed by atoms with E-state index >= 15 is 0 Å². The summed E-state index contributed by atoms with van der Waals surface area (Å²) in [5.41, 5.74) is 0.295. The smallest absolute Gasteiger partial charge is 0.272 e. The number of rotatable bonds is 3. The van der Waals surface area contributed by atoms with Gasteiger partial charge in [-0.2, -0.15) is 0 Å². The van der Waals surface area contributed by atoms with Crippen LogP contribution in [0, 0.1) is 0 Å². The number of aromatic nitrogens is 1. The number of carbonyl (C=O) groups is 1. The van der Waals surface area contributed by atoms with Crippen LogP contribution in [0.25, 0.3) is 0 Å². The topological polar surface area (TPSA) is 76.7 Å². The molecule has 2 aromatic rings. The van der Waals surface area contributed by atoms with E-state index < -0.39 is 5.60 Å². The van der Waals surface area contributed by atoms with Gasteiger partial charge >= 0.3 is 0 Å². The summed E-state index contributed by atoms with van der Waals surface area (Å²) in [6.45, 7) is 1.66. The maximum atomic E-state index is 12.3. The fourth-order valence-electron chi connectivity index (χ4n) is 2.03. The number of nitrogens with one attached hydrogen (secondary N) is 1. The molecule has 21 heavy (non-hydrogen) atoms. The molecule has 0 saturated heterocycles. The number of anilines is 1. The minimum absolute atomic E-state index is 0.320. The molecule has 0 spiro atoms. The lowest BCUT2D eigenvalue weighted by Crippen LogP contribution is -2.40. The summed E-state index contributed by atoms with van der Waals surface area (Å²) >= 11 is 6.13. The lowest BCUT2D eigenvalue weighted by Gasteiger charge is -2.19. The van der Waals surface area contributed by atoms with Gasteiger partial charge in [0, 0.05) is 23.1 Å². The van der Waals surface area contributed by atoms with Gasteiger partial charge in [-0.05, 0) is 13.0 Å². The summed E-state index contributed by atoms with van der Waals surface area (Å²) < 4.78 is 4.67. The fraction of sp³-hybridized carbons (Fsp3) is 0.214. The number of oxime groups is 1. The second-order valence-electron chi connectivity index (χ2n) is 4.86. The Bertz CT molecular complexity index is 699. The van der Waals surface area contributed by atoms with E-state index in [0.29, 0.717) is 23.0 Å². The Labute approximate surface area is 125 Å². The highest BCUT2D eigenvalue weighted by atomic mass is 35.5. The van der Waals surface area contributed by atoms with Gasteiger partial charge in [0.05, 0.1) is 5.71 Å². The molecule has 0 saturated carbocycles. The molecule has 2 heterocycles. The van der Waals surface area contributed by atoms with Crippen molar-refractivity contribution in [3.8, 4) is 0 Å². The maximum Gasteiger partial charge on any atom is 0.272 e. The van der Waals surface area contributed by atoms with Crippen LogP contribution in [0.3, 0.4) is 0 Å². The number of halogens is 1. The van der Waals surface area contributed by atoms with E-state index in [1.165, 1.54) is 6.26 Å². The molecule has 1 aliphatic heterocycles. The van der Waals surface area contributed by atoms with Crippen molar-refractivity contribution in [3.63, 3.8) is 0 Å². The van der Waals surface area contributed by atoms with Gasteiger partial charge in [0.2, 0.25) is 5.60 Å². The van der Waals surface area contributed by atoms with Gasteiger partial charge in [-0.1, -0.05) is 40.1 Å². The van der Waals surface area contributed by atoms with E-state index in [0.717, 1.165) is 5.56 Å². The molecule has 0 aliphatic carbocycles. The van der Waals surface area contributed by atoms with Crippen molar-refractivity contribution in [2.24, 2.45) is 5.16 Å². The zero-order valence-corrected chi connectivity index (χ0v) is 11.9. The van der Waals surface area contributed by atoms with Crippen LogP contribution in [-0.2, 0) is 9.63 Å². The van der Waals surface area contributed by atoms with E-state index in [-0.39, 0.29) is 5.91 Å². The minimum atomic E-state index is -1.10. The molecule has 0 radical (unpaired) electrons. The molecule has 7 heteroatoms. The van der Waals surface area contributed by atoms with Crippen LogP contribution in [0.15, 0.2) is 46.3 Å². The second kappa shape index (κ2) is 5.21. The van der Waals surface area contributed by atoms with Crippen molar-refractivity contribution >= 4 is 29.0 Å². The molecule has 0 fully saturated rings. The Morgan fingerprint density at radius 3 is 2.90 bits per heavy atom. The quantitative estimate of drug-likeness (QED) is 0.946. The van der Waals surface area contributed by atoms with Crippen molar-refractivity contribution in [1.82, 2.24) is 5.16 Å². The van der Waals surface area contributed by atoms with Crippen LogP contribution in [0.2, 0.25) is 5.02 Å². The number of hydrogen-bond acceptors (Lipinski definition) is 5. The molecule has 0 bridgehead atoms. The minimum Gasteiger partial charge on any atom is -0.379 e. The van der Waals surface area contributed by atoms with Gasteiger partial charge in [0.15, 0.2) is 5.82 Å². The van der Waals surface area contributed by atoms with Crippen LogP contribution < -0.4 is 5.32 Å². The SMILES string of the molecule is C[C@]1(C(=O)Nc2ccon2)CC(c2ccccc2Cl)=NO1. The Hall–Kier alpha value is -2.34. The van der Waals surface area contributed by atoms with E-state index in [4.69, 9.17) is 16.4 Å². The average Bonchev–Trinajstić information content (AvgIpc) is 3.10. The number of benzene rings is 1. The Balaban J connectivity index is 1.75. The summed E-state index contributed by atoms with van der Waals surface area (Å²) in [5.74, 6) is -0.0155. The number of nitrogens with zero attached hydrogens (tertiary/aromatic N) is 2. The van der Waals surface area contributed by atoms with Gasteiger partial charge in [-0.3, -0.25) is 4.79 Å². The van der Waals surface area contributed by atoms with Crippen LogP contribution in [-0.4, -0.2) is 22.4 Å². The first-order chi connectivity index (χ1) is 10.1. The predicted octanol–water partition coefficient (Wildman–Crippen LogP) is 2.85. The molecule has 108 valence electrons. The first-order valence-electron chi connectivity index (χ1n) is 6.30. The standard InChI is InChI=1S/C14H12ClN3O3/c1-14(13(19)16-12-6-7-20-18-12)8-11(17-21-14)9-4-2-3-5-10(9)15/h2-7H,8H2,1H3,(H,16,18,19)/t14-/m1/s1. The van der Waals surface area contributed by atoms with Gasteiger partial charge < -0.3 is 14.7 Å². The second-order valence-corrected chi connectivity index (χ2v) is 5.26. The van der Waals surface area contributed by atoms with Gasteiger partial charge in [0.1, 0.15) is 6.26 Å². The zero-order valence-electron chi connectivity index (χ0n) is 11.2. The van der Waals surface area contributed by atoms with Crippen LogP contribution >= 0.6 is 11.6 Å². The van der Waals surface area contributed by atoms with Gasteiger partial charge in [0.25, 0.3) is 5.91 Å². The molecule has 1 aromatic heterocycles. The van der Waals surface area contributed by atoms with Gasteiger partial charge in [-0.15, -0.1) is 0 Å². The van der Waals surface area contributed by atoms with E-state index in [1.807, 2.05) is 18.2 Å². The third-order valence-corrected chi connectivity index (χ3v) is 3.54. The van der Waals surface area contributed by atoms with Crippen molar-refractivity contribution in [1.29, 1.82) is 0 Å². The van der Waals surface area contributed by atoms with Crippen LogP contribution in [0.5, 0.6) is 0 Å². The molecule has 1 aromatic carbocycles. The van der Waals surface area contributed by atoms with Crippen LogP contribution in [0.4, 0.5) is 5.82 Å². The number of hydrogen-bond donors (Lipinski definition) is 1. The lowest BCUT2D eigenvalue weighted by atomic mass is 9.95. The fourth-order valence-corrected chi connectivity index (χ4v) is 2.27. The molecule has 1 atom stereocenters. The van der Waals surface area contributed by atoms with E-state index in [2.05, 4.69) is 20.2 Å². The highest BCUT2D eigenvalue weighted by Crippen LogP contribution is 2.30. The van der Waals surface area contributed by atoms with Crippen molar-refractivity contribution < 1.29 is 14.2 Å². The van der Waals surface area contributed by atoms with Gasteiger partial charge in [-0.25, -0.2) is 0 Å². The van der Waals surface area contributed by atoms with Crippen molar-refractivity contribution in [3.05, 3.63) is 47.2 Å². The Kier molecular flexibility index (Phi) is 3.39. The molecule has 3 rings (SSSR count). The number of carbonyl (C=O) groups excluding carboxylic acids is 1. The summed E-state index contributed by atoms with van der Waals surface area (Å²) in [7, 11) is 0. The molecule has 6 nitrogen and oxygen atoms in total. The van der Waals surface area contributed by atoms with Crippen LogP contribution in [0.1, 0.15) is 18.9 Å². The maximum absolute atomic E-state index is 12.3. The Morgan fingerprint density at radius 1 is 1.38 bits per heavy atom. The summed E-state index contributed by atoms with van der Waals surface area (Å²) in [6.07, 6.45) is 1.69. The molecular formula is C14H12ClN3O3. The normalized spacial score (nSPS) is 20.8. The third kappa shape index (κ3) is 2.62. The molecular weight excluding hydrogens is 294 g/mol. The van der Waals surface area contributed by atoms with E-state index in [9.17, 15) is 4.79 Å². The first-order valence-corrected chi connectivity index (χ1v) is 6.68. The molecule has 1 aliphatic rings. The van der Waals surface area contributed by atoms with E-state index in [1.54, 1.807) is 19.1 Å². The summed E-state index contributed by atoms with van der Waals surface area (Å²) in [6, 6.07) is 8.84. The lowest BCUT2D eigenvalue weighted by molar-refractivity contribution is -0.136. The monoisotopic (exact) mass is 305 g/mol. The van der Waals surface area contributed by atoms with Crippen molar-refractivity contribution in [2.75, 3.05) is 5.32 Å². The predicted molar refractivity (Wildman–Crippen MR) is 77.2 cm³/mol. The molecule has 1 amide bonds. The third-order valence-electron chi connectivity index (χ3n) is 3.21. The molecule has 1 N–H and O–H groups in total. The average molecular weight is 306 g/mol. The zero-order chi connectivity index (χ0) is 14.9. The molecule has 0 unspecified atom stereocenters. The largest absolute Gasteiger partial charge is 0.379 e. The highest BCUT2D eigenvalue weighted by Gasteiger charge is 2.42. The van der Waals surface area contributed by atoms with Crippen molar-refractivity contribution in [2.45, 2.75) is 18.9 Å². The highest BCUT2D eigenvalue weighted by molar-refractivity contribution is 6.34. The number of amides is 1. The Morgan fingerprint density at radius 2 is 2.19 bits per heavy atom. The first kappa shape index (κ1) is 13.6. The summed E-state index contributed by atoms with van der Waals surface area (Å²) in [4.78, 5) is 17.6. The summed E-state index contributed by atoms with van der Waals surface area (Å²) in [5, 5.41) is 10.8.